The van der Waals surface area contributed by atoms with Crippen LogP contribution in [0.15, 0.2) is 36.7 Å². The minimum absolute atomic E-state index is 0.0861. The van der Waals surface area contributed by atoms with E-state index in [-0.39, 0.29) is 5.91 Å². The number of pyridine rings is 2. The highest BCUT2D eigenvalue weighted by molar-refractivity contribution is 6.30. The average molecular weight is 274 g/mol. The van der Waals surface area contributed by atoms with Crippen LogP contribution in [0.2, 0.25) is 5.02 Å². The summed E-state index contributed by atoms with van der Waals surface area (Å²) in [5, 5.41) is 0.525. The highest BCUT2D eigenvalue weighted by Gasteiger charge is 2.23. The van der Waals surface area contributed by atoms with Crippen molar-refractivity contribution in [1.29, 1.82) is 0 Å². The first-order valence-electron chi connectivity index (χ1n) is 6.07. The third-order valence-electron chi connectivity index (χ3n) is 3.19. The van der Waals surface area contributed by atoms with Crippen LogP contribution in [-0.4, -0.2) is 27.3 Å². The zero-order chi connectivity index (χ0) is 13.2. The molecule has 0 saturated heterocycles. The molecular formula is C14H12ClN3O. The summed E-state index contributed by atoms with van der Waals surface area (Å²) in [6.07, 6.45) is 4.12. The number of carbonyl (C=O) groups excluding carboxylic acids is 1. The number of carbonyl (C=O) groups is 1. The fraction of sp³-hybridized carbons (Fsp3) is 0.214. The van der Waals surface area contributed by atoms with Crippen LogP contribution in [0.3, 0.4) is 0 Å². The Labute approximate surface area is 116 Å². The van der Waals surface area contributed by atoms with Crippen molar-refractivity contribution in [3.05, 3.63) is 58.6 Å². The van der Waals surface area contributed by atoms with Gasteiger partial charge in [-0.2, -0.15) is 0 Å². The summed E-state index contributed by atoms with van der Waals surface area (Å²) >= 11 is 5.89. The molecule has 0 spiro atoms. The average Bonchev–Trinajstić information content (AvgIpc) is 2.46. The van der Waals surface area contributed by atoms with Crippen molar-refractivity contribution < 1.29 is 4.79 Å². The second-order valence-electron chi connectivity index (χ2n) is 4.45. The molecule has 2 aromatic rings. The van der Waals surface area contributed by atoms with E-state index in [2.05, 4.69) is 9.97 Å². The van der Waals surface area contributed by atoms with E-state index in [0.29, 0.717) is 23.8 Å². The second kappa shape index (κ2) is 4.97. The Morgan fingerprint density at radius 2 is 2.16 bits per heavy atom. The molecule has 96 valence electrons. The smallest absolute Gasteiger partial charge is 0.272 e. The maximum absolute atomic E-state index is 12.3. The van der Waals surface area contributed by atoms with Gasteiger partial charge in [-0.15, -0.1) is 0 Å². The van der Waals surface area contributed by atoms with Crippen LogP contribution in [0, 0.1) is 0 Å². The molecule has 0 bridgehead atoms. The van der Waals surface area contributed by atoms with Gasteiger partial charge in [0.25, 0.3) is 5.91 Å². The molecule has 1 amide bonds. The molecule has 0 atom stereocenters. The Morgan fingerprint density at radius 1 is 1.26 bits per heavy atom. The zero-order valence-corrected chi connectivity index (χ0v) is 11.0. The van der Waals surface area contributed by atoms with Crippen LogP contribution in [0.4, 0.5) is 0 Å². The number of halogens is 1. The monoisotopic (exact) mass is 273 g/mol. The van der Waals surface area contributed by atoms with Gasteiger partial charge in [0.05, 0.1) is 0 Å². The number of hydrogen-bond acceptors (Lipinski definition) is 3. The first-order valence-corrected chi connectivity index (χ1v) is 6.45. The molecule has 0 fully saturated rings. The summed E-state index contributed by atoms with van der Waals surface area (Å²) in [6.45, 7) is 1.24. The minimum Gasteiger partial charge on any atom is -0.333 e. The summed E-state index contributed by atoms with van der Waals surface area (Å²) in [6, 6.07) is 7.16. The SMILES string of the molecule is O=C(c1cc(Cl)ccn1)N1CCc2ncccc2C1. The maximum atomic E-state index is 12.3. The zero-order valence-electron chi connectivity index (χ0n) is 10.2. The van der Waals surface area contributed by atoms with Crippen molar-refractivity contribution in [2.45, 2.75) is 13.0 Å². The van der Waals surface area contributed by atoms with Gasteiger partial charge in [0.2, 0.25) is 0 Å². The molecule has 4 nitrogen and oxygen atoms in total. The standard InChI is InChI=1S/C14H12ClN3O/c15-11-3-6-17-13(8-11)14(19)18-7-4-12-10(9-18)2-1-5-16-12/h1-3,5-6,8H,4,7,9H2. The van der Waals surface area contributed by atoms with Crippen molar-refractivity contribution in [2.75, 3.05) is 6.54 Å². The molecule has 0 unspecified atom stereocenters. The van der Waals surface area contributed by atoms with Crippen LogP contribution in [-0.2, 0) is 13.0 Å². The molecule has 3 rings (SSSR count). The third kappa shape index (κ3) is 2.44. The fourth-order valence-corrected chi connectivity index (χ4v) is 2.38. The van der Waals surface area contributed by atoms with Crippen molar-refractivity contribution in [1.82, 2.24) is 14.9 Å². The van der Waals surface area contributed by atoms with Gasteiger partial charge in [-0.05, 0) is 23.8 Å². The number of rotatable bonds is 1. The van der Waals surface area contributed by atoms with E-state index >= 15 is 0 Å². The summed E-state index contributed by atoms with van der Waals surface area (Å²) in [5.41, 5.74) is 2.56. The summed E-state index contributed by atoms with van der Waals surface area (Å²) in [7, 11) is 0. The van der Waals surface area contributed by atoms with Crippen molar-refractivity contribution >= 4 is 17.5 Å². The van der Waals surface area contributed by atoms with Gasteiger partial charge in [0.15, 0.2) is 0 Å². The van der Waals surface area contributed by atoms with Crippen LogP contribution in [0.25, 0.3) is 0 Å². The van der Waals surface area contributed by atoms with E-state index in [9.17, 15) is 4.79 Å². The molecule has 0 aromatic carbocycles. The predicted molar refractivity (Wildman–Crippen MR) is 71.9 cm³/mol. The molecule has 3 heterocycles. The normalized spacial score (nSPS) is 14.1. The first-order chi connectivity index (χ1) is 9.24. The van der Waals surface area contributed by atoms with E-state index < -0.39 is 0 Å². The van der Waals surface area contributed by atoms with Crippen molar-refractivity contribution in [3.63, 3.8) is 0 Å². The lowest BCUT2D eigenvalue weighted by Gasteiger charge is -2.27. The molecule has 0 saturated carbocycles. The number of fused-ring (bicyclic) bond motifs is 1. The Hall–Kier alpha value is -1.94. The maximum Gasteiger partial charge on any atom is 0.272 e. The van der Waals surface area contributed by atoms with E-state index in [0.717, 1.165) is 17.7 Å². The van der Waals surface area contributed by atoms with Crippen LogP contribution in [0.5, 0.6) is 0 Å². The van der Waals surface area contributed by atoms with Gasteiger partial charge in [-0.25, -0.2) is 0 Å². The number of amides is 1. The molecular weight excluding hydrogens is 262 g/mol. The van der Waals surface area contributed by atoms with Crippen LogP contribution >= 0.6 is 11.6 Å². The molecule has 0 radical (unpaired) electrons. The summed E-state index contributed by atoms with van der Waals surface area (Å²) in [5.74, 6) is -0.0861. The molecule has 2 aromatic heterocycles. The van der Waals surface area contributed by atoms with Crippen LogP contribution in [0.1, 0.15) is 21.7 Å². The van der Waals surface area contributed by atoms with Crippen molar-refractivity contribution in [2.24, 2.45) is 0 Å². The molecule has 5 heteroatoms. The molecule has 1 aliphatic heterocycles. The van der Waals surface area contributed by atoms with Crippen molar-refractivity contribution in [3.8, 4) is 0 Å². The molecule has 1 aliphatic rings. The van der Waals surface area contributed by atoms with Gasteiger partial charge in [-0.3, -0.25) is 14.8 Å². The van der Waals surface area contributed by atoms with Gasteiger partial charge in [0, 0.05) is 42.6 Å². The Bertz CT molecular complexity index is 630. The highest BCUT2D eigenvalue weighted by Crippen LogP contribution is 2.18. The van der Waals surface area contributed by atoms with Gasteiger partial charge in [-0.1, -0.05) is 17.7 Å². The fourth-order valence-electron chi connectivity index (χ4n) is 2.22. The quantitative estimate of drug-likeness (QED) is 0.801. The molecule has 0 N–H and O–H groups in total. The van der Waals surface area contributed by atoms with Gasteiger partial charge >= 0.3 is 0 Å². The van der Waals surface area contributed by atoms with E-state index in [4.69, 9.17) is 11.6 Å². The lowest BCUT2D eigenvalue weighted by Crippen LogP contribution is -2.36. The minimum atomic E-state index is -0.0861. The third-order valence-corrected chi connectivity index (χ3v) is 3.43. The number of nitrogens with zero attached hydrogens (tertiary/aromatic N) is 3. The summed E-state index contributed by atoms with van der Waals surface area (Å²) < 4.78 is 0. The van der Waals surface area contributed by atoms with Crippen LogP contribution < -0.4 is 0 Å². The summed E-state index contributed by atoms with van der Waals surface area (Å²) in [4.78, 5) is 22.5. The first kappa shape index (κ1) is 12.1. The Kier molecular flexibility index (Phi) is 3.17. The Balaban J connectivity index is 1.83. The van der Waals surface area contributed by atoms with Gasteiger partial charge in [0.1, 0.15) is 5.69 Å². The lowest BCUT2D eigenvalue weighted by molar-refractivity contribution is 0.0727. The molecule has 0 aliphatic carbocycles. The second-order valence-corrected chi connectivity index (χ2v) is 4.88. The number of hydrogen-bond donors (Lipinski definition) is 0. The highest BCUT2D eigenvalue weighted by atomic mass is 35.5. The molecule has 19 heavy (non-hydrogen) atoms. The largest absolute Gasteiger partial charge is 0.333 e. The van der Waals surface area contributed by atoms with E-state index in [1.807, 2.05) is 12.1 Å². The van der Waals surface area contributed by atoms with Gasteiger partial charge < -0.3 is 4.90 Å². The number of aromatic nitrogens is 2. The van der Waals surface area contributed by atoms with E-state index in [1.165, 1.54) is 0 Å². The Morgan fingerprint density at radius 3 is 3.00 bits per heavy atom. The van der Waals surface area contributed by atoms with E-state index in [1.54, 1.807) is 29.4 Å². The topological polar surface area (TPSA) is 46.1 Å². The lowest BCUT2D eigenvalue weighted by atomic mass is 10.1. The predicted octanol–water partition coefficient (Wildman–Crippen LogP) is 2.33.